The summed E-state index contributed by atoms with van der Waals surface area (Å²) >= 11 is 0. The molecule has 100 valence electrons. The fraction of sp³-hybridized carbons (Fsp3) is 0.615. The molecule has 5 heteroatoms. The lowest BCUT2D eigenvalue weighted by Crippen LogP contribution is -2.37. The van der Waals surface area contributed by atoms with E-state index in [1.54, 1.807) is 6.92 Å². The summed E-state index contributed by atoms with van der Waals surface area (Å²) in [6.45, 7) is 2.80. The Bertz CT molecular complexity index is 432. The van der Waals surface area contributed by atoms with Crippen molar-refractivity contribution in [1.82, 2.24) is 5.32 Å². The first-order chi connectivity index (χ1) is 8.50. The summed E-state index contributed by atoms with van der Waals surface area (Å²) < 4.78 is 5.12. The lowest BCUT2D eigenvalue weighted by Gasteiger charge is -2.22. The predicted octanol–water partition coefficient (Wildman–Crippen LogP) is 1.68. The zero-order chi connectivity index (χ0) is 13.2. The highest BCUT2D eigenvalue weighted by Crippen LogP contribution is 2.28. The van der Waals surface area contributed by atoms with Crippen molar-refractivity contribution in [3.63, 3.8) is 0 Å². The number of hydrogen-bond donors (Lipinski definition) is 3. The molecule has 1 heterocycles. The van der Waals surface area contributed by atoms with Gasteiger partial charge in [0.2, 0.25) is 5.76 Å². The van der Waals surface area contributed by atoms with Crippen molar-refractivity contribution in [2.24, 2.45) is 0 Å². The number of aryl methyl sites for hydroxylation is 1. The molecule has 1 aromatic heterocycles. The van der Waals surface area contributed by atoms with Gasteiger partial charge in [-0.1, -0.05) is 12.8 Å². The number of hydrogen-bond acceptors (Lipinski definition) is 4. The van der Waals surface area contributed by atoms with E-state index >= 15 is 0 Å². The van der Waals surface area contributed by atoms with Crippen LogP contribution in [0.15, 0.2) is 10.5 Å². The van der Waals surface area contributed by atoms with E-state index < -0.39 is 11.6 Å². The van der Waals surface area contributed by atoms with E-state index in [-0.39, 0.29) is 5.76 Å². The maximum absolute atomic E-state index is 10.7. The Morgan fingerprint density at radius 3 is 2.72 bits per heavy atom. The third kappa shape index (κ3) is 2.91. The van der Waals surface area contributed by atoms with E-state index in [4.69, 9.17) is 9.52 Å². The van der Waals surface area contributed by atoms with Gasteiger partial charge in [0.1, 0.15) is 5.76 Å². The van der Waals surface area contributed by atoms with E-state index in [9.17, 15) is 9.90 Å². The molecule has 0 spiro atoms. The van der Waals surface area contributed by atoms with Gasteiger partial charge < -0.3 is 19.9 Å². The van der Waals surface area contributed by atoms with Crippen LogP contribution in [0.1, 0.15) is 47.6 Å². The topological polar surface area (TPSA) is 82.7 Å². The summed E-state index contributed by atoms with van der Waals surface area (Å²) in [5, 5.41) is 22.1. The SMILES string of the molecule is Cc1oc(C(=O)O)cc1CNCC1(O)CCCC1. The highest BCUT2D eigenvalue weighted by atomic mass is 16.4. The van der Waals surface area contributed by atoms with Gasteiger partial charge in [-0.25, -0.2) is 4.79 Å². The molecule has 1 fully saturated rings. The van der Waals surface area contributed by atoms with Crippen molar-refractivity contribution in [3.05, 3.63) is 23.2 Å². The van der Waals surface area contributed by atoms with Gasteiger partial charge in [-0.2, -0.15) is 0 Å². The third-order valence-corrected chi connectivity index (χ3v) is 3.54. The minimum Gasteiger partial charge on any atom is -0.475 e. The molecular weight excluding hydrogens is 234 g/mol. The molecule has 1 aliphatic carbocycles. The van der Waals surface area contributed by atoms with E-state index in [0.29, 0.717) is 18.8 Å². The number of nitrogens with one attached hydrogen (secondary N) is 1. The Morgan fingerprint density at radius 1 is 1.50 bits per heavy atom. The van der Waals surface area contributed by atoms with Gasteiger partial charge in [0.25, 0.3) is 0 Å². The fourth-order valence-electron chi connectivity index (χ4n) is 2.44. The van der Waals surface area contributed by atoms with Crippen LogP contribution in [0.25, 0.3) is 0 Å². The first kappa shape index (κ1) is 13.1. The molecule has 0 atom stereocenters. The number of rotatable bonds is 5. The van der Waals surface area contributed by atoms with Crippen LogP contribution >= 0.6 is 0 Å². The zero-order valence-electron chi connectivity index (χ0n) is 10.5. The Balaban J connectivity index is 1.88. The number of carboxylic acid groups (broad SMARTS) is 1. The van der Waals surface area contributed by atoms with Crippen molar-refractivity contribution < 1.29 is 19.4 Å². The standard InChI is InChI=1S/C13H19NO4/c1-9-10(6-11(18-9)12(15)16)7-14-8-13(17)4-2-3-5-13/h6,14,17H,2-5,7-8H2,1H3,(H,15,16). The van der Waals surface area contributed by atoms with Crippen LogP contribution in [0.3, 0.4) is 0 Å². The number of aliphatic hydroxyl groups is 1. The molecule has 3 N–H and O–H groups in total. The maximum atomic E-state index is 10.7. The monoisotopic (exact) mass is 253 g/mol. The van der Waals surface area contributed by atoms with Crippen molar-refractivity contribution >= 4 is 5.97 Å². The molecule has 0 amide bonds. The van der Waals surface area contributed by atoms with Crippen molar-refractivity contribution in [2.75, 3.05) is 6.54 Å². The van der Waals surface area contributed by atoms with Crippen LogP contribution < -0.4 is 5.32 Å². The molecule has 2 rings (SSSR count). The number of furan rings is 1. The fourth-order valence-corrected chi connectivity index (χ4v) is 2.44. The second kappa shape index (κ2) is 5.12. The van der Waals surface area contributed by atoms with E-state index in [2.05, 4.69) is 5.32 Å². The summed E-state index contributed by atoms with van der Waals surface area (Å²) in [4.78, 5) is 10.7. The third-order valence-electron chi connectivity index (χ3n) is 3.54. The van der Waals surface area contributed by atoms with Gasteiger partial charge in [-0.15, -0.1) is 0 Å². The van der Waals surface area contributed by atoms with Crippen molar-refractivity contribution in [1.29, 1.82) is 0 Å². The largest absolute Gasteiger partial charge is 0.475 e. The van der Waals surface area contributed by atoms with Crippen LogP contribution in [0.2, 0.25) is 0 Å². The summed E-state index contributed by atoms with van der Waals surface area (Å²) in [7, 11) is 0. The zero-order valence-corrected chi connectivity index (χ0v) is 10.5. The minimum atomic E-state index is -1.06. The van der Waals surface area contributed by atoms with Crippen molar-refractivity contribution in [2.45, 2.75) is 44.8 Å². The quantitative estimate of drug-likeness (QED) is 0.743. The molecule has 0 saturated heterocycles. The number of aromatic carboxylic acids is 1. The molecule has 1 aliphatic rings. The van der Waals surface area contributed by atoms with E-state index in [0.717, 1.165) is 31.2 Å². The Hall–Kier alpha value is -1.33. The van der Waals surface area contributed by atoms with E-state index in [1.807, 2.05) is 0 Å². The van der Waals surface area contributed by atoms with Crippen LogP contribution in [0.5, 0.6) is 0 Å². The lowest BCUT2D eigenvalue weighted by atomic mass is 10.0. The van der Waals surface area contributed by atoms with E-state index in [1.165, 1.54) is 6.07 Å². The van der Waals surface area contributed by atoms with Gasteiger partial charge in [0.05, 0.1) is 5.60 Å². The highest BCUT2D eigenvalue weighted by Gasteiger charge is 2.30. The Morgan fingerprint density at radius 2 is 2.17 bits per heavy atom. The van der Waals surface area contributed by atoms with Gasteiger partial charge in [0.15, 0.2) is 0 Å². The summed E-state index contributed by atoms with van der Waals surface area (Å²) in [5.41, 5.74) is 0.238. The lowest BCUT2D eigenvalue weighted by molar-refractivity contribution is 0.0474. The Labute approximate surface area is 106 Å². The molecule has 0 bridgehead atoms. The molecular formula is C13H19NO4. The second-order valence-electron chi connectivity index (χ2n) is 5.03. The van der Waals surface area contributed by atoms with Gasteiger partial charge in [-0.05, 0) is 25.8 Å². The average molecular weight is 253 g/mol. The highest BCUT2D eigenvalue weighted by molar-refractivity contribution is 5.84. The van der Waals surface area contributed by atoms with Gasteiger partial charge in [0, 0.05) is 18.7 Å². The second-order valence-corrected chi connectivity index (χ2v) is 5.03. The molecule has 1 aromatic rings. The first-order valence-corrected chi connectivity index (χ1v) is 6.26. The summed E-state index contributed by atoms with van der Waals surface area (Å²) in [6, 6.07) is 1.53. The molecule has 0 aliphatic heterocycles. The van der Waals surface area contributed by atoms with Crippen LogP contribution in [-0.2, 0) is 6.54 Å². The summed E-state index contributed by atoms with van der Waals surface area (Å²) in [6.07, 6.45) is 3.83. The Kier molecular flexibility index (Phi) is 3.73. The number of carboxylic acids is 1. The molecule has 5 nitrogen and oxygen atoms in total. The molecule has 0 radical (unpaired) electrons. The minimum absolute atomic E-state index is 0.0381. The van der Waals surface area contributed by atoms with Crippen molar-refractivity contribution in [3.8, 4) is 0 Å². The molecule has 1 saturated carbocycles. The molecule has 18 heavy (non-hydrogen) atoms. The average Bonchev–Trinajstić information content (AvgIpc) is 2.87. The van der Waals surface area contributed by atoms with Crippen LogP contribution in [0, 0.1) is 6.92 Å². The van der Waals surface area contributed by atoms with Gasteiger partial charge >= 0.3 is 5.97 Å². The van der Waals surface area contributed by atoms with Crippen LogP contribution in [-0.4, -0.2) is 28.3 Å². The normalized spacial score (nSPS) is 18.1. The first-order valence-electron chi connectivity index (χ1n) is 6.26. The van der Waals surface area contributed by atoms with Crippen LogP contribution in [0.4, 0.5) is 0 Å². The van der Waals surface area contributed by atoms with Gasteiger partial charge in [-0.3, -0.25) is 0 Å². The maximum Gasteiger partial charge on any atom is 0.371 e. The smallest absolute Gasteiger partial charge is 0.371 e. The summed E-state index contributed by atoms with van der Waals surface area (Å²) in [5.74, 6) is -0.485. The molecule has 0 aromatic carbocycles. The molecule has 0 unspecified atom stereocenters. The predicted molar refractivity (Wildman–Crippen MR) is 65.5 cm³/mol. The number of carbonyl (C=O) groups is 1.